The predicted octanol–water partition coefficient (Wildman–Crippen LogP) is 4.08. The van der Waals surface area contributed by atoms with Gasteiger partial charge in [-0.05, 0) is 67.2 Å². The number of carbonyl (C=O) groups is 2. The Hall–Kier alpha value is -3.71. The van der Waals surface area contributed by atoms with E-state index in [2.05, 4.69) is 27.3 Å². The fraction of sp³-hybridized carbons (Fsp3) is 0.367. The van der Waals surface area contributed by atoms with E-state index >= 15 is 0 Å². The summed E-state index contributed by atoms with van der Waals surface area (Å²) < 4.78 is 5.37. The van der Waals surface area contributed by atoms with Crippen molar-refractivity contribution in [3.63, 3.8) is 0 Å². The van der Waals surface area contributed by atoms with Gasteiger partial charge in [-0.25, -0.2) is 4.79 Å². The first-order valence-electron chi connectivity index (χ1n) is 13.0. The van der Waals surface area contributed by atoms with Gasteiger partial charge < -0.3 is 10.1 Å². The number of hydrogen-bond acceptors (Lipinski definition) is 5. The zero-order valence-electron chi connectivity index (χ0n) is 21.3. The SMILES string of the molecule is COc1cccc(CN2CCC([C@@]3(Cc4ccccc4)NC(=O)N(CCc4ccccn4)C3=O)CC2)c1. The summed E-state index contributed by atoms with van der Waals surface area (Å²) in [5.74, 6) is 0.813. The van der Waals surface area contributed by atoms with Crippen LogP contribution in [0.25, 0.3) is 0 Å². The lowest BCUT2D eigenvalue weighted by Crippen LogP contribution is -2.57. The Balaban J connectivity index is 1.32. The van der Waals surface area contributed by atoms with Crippen molar-refractivity contribution in [2.45, 2.75) is 37.8 Å². The van der Waals surface area contributed by atoms with Crippen molar-refractivity contribution in [3.8, 4) is 5.75 Å². The van der Waals surface area contributed by atoms with Gasteiger partial charge in [-0.15, -0.1) is 0 Å². The third-order valence-electron chi connectivity index (χ3n) is 7.67. The van der Waals surface area contributed by atoms with Gasteiger partial charge in [-0.1, -0.05) is 48.5 Å². The maximum atomic E-state index is 14.0. The number of hydrogen-bond donors (Lipinski definition) is 1. The van der Waals surface area contributed by atoms with Gasteiger partial charge in [0.15, 0.2) is 0 Å². The molecule has 1 aromatic heterocycles. The quantitative estimate of drug-likeness (QED) is 0.450. The van der Waals surface area contributed by atoms with Gasteiger partial charge in [0.1, 0.15) is 11.3 Å². The fourth-order valence-electron chi connectivity index (χ4n) is 5.69. The molecular formula is C30H34N4O3. The molecule has 2 saturated heterocycles. The van der Waals surface area contributed by atoms with Crippen LogP contribution in [0.3, 0.4) is 0 Å². The van der Waals surface area contributed by atoms with E-state index in [1.807, 2.05) is 60.7 Å². The van der Waals surface area contributed by atoms with Crippen LogP contribution in [0.15, 0.2) is 79.0 Å². The average molecular weight is 499 g/mol. The van der Waals surface area contributed by atoms with Crippen LogP contribution in [-0.2, 0) is 24.2 Å². The minimum absolute atomic E-state index is 0.0607. The summed E-state index contributed by atoms with van der Waals surface area (Å²) in [6, 6.07) is 23.6. The molecule has 3 aromatic rings. The smallest absolute Gasteiger partial charge is 0.325 e. The van der Waals surface area contributed by atoms with Crippen LogP contribution in [0, 0.1) is 5.92 Å². The molecule has 3 heterocycles. The number of amides is 3. The number of likely N-dealkylation sites (tertiary alicyclic amines) is 1. The number of piperidine rings is 1. The number of methoxy groups -OCH3 is 1. The third kappa shape index (κ3) is 5.52. The topological polar surface area (TPSA) is 74.8 Å². The minimum atomic E-state index is -0.926. The van der Waals surface area contributed by atoms with Crippen LogP contribution in [0.1, 0.15) is 29.7 Å². The van der Waals surface area contributed by atoms with E-state index in [1.165, 1.54) is 10.5 Å². The Morgan fingerprint density at radius 3 is 2.46 bits per heavy atom. The van der Waals surface area contributed by atoms with Gasteiger partial charge in [0.25, 0.3) is 5.91 Å². The molecule has 7 heteroatoms. The van der Waals surface area contributed by atoms with Gasteiger partial charge in [0.2, 0.25) is 0 Å². The summed E-state index contributed by atoms with van der Waals surface area (Å²) in [4.78, 5) is 35.3. The van der Waals surface area contributed by atoms with Gasteiger partial charge in [0.05, 0.1) is 7.11 Å². The number of nitrogens with one attached hydrogen (secondary N) is 1. The highest BCUT2D eigenvalue weighted by molar-refractivity contribution is 6.07. The lowest BCUT2D eigenvalue weighted by atomic mass is 9.74. The maximum absolute atomic E-state index is 14.0. The van der Waals surface area contributed by atoms with E-state index in [1.54, 1.807) is 13.3 Å². The number of nitrogens with zero attached hydrogens (tertiary/aromatic N) is 3. The summed E-state index contributed by atoms with van der Waals surface area (Å²) in [6.45, 7) is 2.91. The molecule has 0 aliphatic carbocycles. The lowest BCUT2D eigenvalue weighted by Gasteiger charge is -2.41. The van der Waals surface area contributed by atoms with E-state index in [-0.39, 0.29) is 17.9 Å². The third-order valence-corrected chi connectivity index (χ3v) is 7.67. The van der Waals surface area contributed by atoms with Crippen LogP contribution in [0.2, 0.25) is 0 Å². The first kappa shape index (κ1) is 25.0. The molecule has 5 rings (SSSR count). The van der Waals surface area contributed by atoms with E-state index in [0.29, 0.717) is 19.4 Å². The van der Waals surface area contributed by atoms with Crippen molar-refractivity contribution >= 4 is 11.9 Å². The zero-order chi connectivity index (χ0) is 25.7. The second kappa shape index (κ2) is 11.1. The molecule has 0 bridgehead atoms. The molecule has 2 aliphatic heterocycles. The molecule has 2 aliphatic rings. The molecule has 1 atom stereocenters. The molecule has 192 valence electrons. The van der Waals surface area contributed by atoms with E-state index in [4.69, 9.17) is 4.74 Å². The monoisotopic (exact) mass is 498 g/mol. The minimum Gasteiger partial charge on any atom is -0.497 e. The maximum Gasteiger partial charge on any atom is 0.325 e. The average Bonchev–Trinajstić information content (AvgIpc) is 3.18. The second-order valence-electron chi connectivity index (χ2n) is 9.99. The normalized spacial score (nSPS) is 20.7. The number of aromatic nitrogens is 1. The molecular weight excluding hydrogens is 464 g/mol. The van der Waals surface area contributed by atoms with Crippen LogP contribution in [0.5, 0.6) is 5.75 Å². The highest BCUT2D eigenvalue weighted by atomic mass is 16.5. The first-order valence-corrected chi connectivity index (χ1v) is 13.0. The summed E-state index contributed by atoms with van der Waals surface area (Å²) in [6.07, 6.45) is 4.47. The van der Waals surface area contributed by atoms with E-state index in [9.17, 15) is 9.59 Å². The second-order valence-corrected chi connectivity index (χ2v) is 9.99. The summed E-state index contributed by atoms with van der Waals surface area (Å²) in [5, 5.41) is 3.18. The number of rotatable bonds is 9. The van der Waals surface area contributed by atoms with Crippen molar-refractivity contribution in [1.82, 2.24) is 20.1 Å². The number of imide groups is 1. The Kier molecular flexibility index (Phi) is 7.51. The number of pyridine rings is 1. The standard InChI is InChI=1S/C30H34N4O3/c1-37-27-12-7-10-24(20-27)22-33-17-13-25(14-18-33)30(21-23-8-3-2-4-9-23)28(35)34(29(36)32-30)19-15-26-11-5-6-16-31-26/h2-12,16,20,25H,13-15,17-19,21-22H2,1H3,(H,32,36)/t30-/m1/s1. The Morgan fingerprint density at radius 1 is 0.973 bits per heavy atom. The van der Waals surface area contributed by atoms with Crippen LogP contribution in [0.4, 0.5) is 4.79 Å². The van der Waals surface area contributed by atoms with E-state index < -0.39 is 5.54 Å². The first-order chi connectivity index (χ1) is 18.1. The molecule has 0 spiro atoms. The predicted molar refractivity (Wildman–Crippen MR) is 142 cm³/mol. The van der Waals surface area contributed by atoms with E-state index in [0.717, 1.165) is 49.5 Å². The van der Waals surface area contributed by atoms with Crippen molar-refractivity contribution < 1.29 is 14.3 Å². The Labute approximate surface area is 218 Å². The van der Waals surface area contributed by atoms with Crippen molar-refractivity contribution in [1.29, 1.82) is 0 Å². The van der Waals surface area contributed by atoms with Crippen molar-refractivity contribution in [3.05, 3.63) is 95.8 Å². The molecule has 1 N–H and O–H groups in total. The van der Waals surface area contributed by atoms with Gasteiger partial charge in [0, 0.05) is 37.8 Å². The zero-order valence-corrected chi connectivity index (χ0v) is 21.3. The summed E-state index contributed by atoms with van der Waals surface area (Å²) >= 11 is 0. The Morgan fingerprint density at radius 2 is 1.73 bits per heavy atom. The molecule has 2 fully saturated rings. The molecule has 37 heavy (non-hydrogen) atoms. The lowest BCUT2D eigenvalue weighted by molar-refractivity contribution is -0.134. The summed E-state index contributed by atoms with van der Waals surface area (Å²) in [7, 11) is 1.68. The van der Waals surface area contributed by atoms with Gasteiger partial charge in [-0.2, -0.15) is 0 Å². The fourth-order valence-corrected chi connectivity index (χ4v) is 5.69. The Bertz CT molecular complexity index is 1210. The molecule has 2 aromatic carbocycles. The number of urea groups is 1. The highest BCUT2D eigenvalue weighted by Crippen LogP contribution is 2.37. The van der Waals surface area contributed by atoms with Crippen LogP contribution < -0.4 is 10.1 Å². The molecule has 0 radical (unpaired) electrons. The van der Waals surface area contributed by atoms with Crippen molar-refractivity contribution in [2.75, 3.05) is 26.7 Å². The molecule has 3 amide bonds. The van der Waals surface area contributed by atoms with Crippen molar-refractivity contribution in [2.24, 2.45) is 5.92 Å². The molecule has 0 unspecified atom stereocenters. The van der Waals surface area contributed by atoms with Gasteiger partial charge in [-0.3, -0.25) is 19.6 Å². The molecule has 0 saturated carbocycles. The molecule has 7 nitrogen and oxygen atoms in total. The number of benzene rings is 2. The highest BCUT2D eigenvalue weighted by Gasteiger charge is 2.55. The van der Waals surface area contributed by atoms with Crippen LogP contribution >= 0.6 is 0 Å². The van der Waals surface area contributed by atoms with Crippen LogP contribution in [-0.4, -0.2) is 59.0 Å². The number of carbonyl (C=O) groups excluding carboxylic acids is 2. The number of ether oxygens (including phenoxy) is 1. The summed E-state index contributed by atoms with van der Waals surface area (Å²) in [5.41, 5.74) is 2.21. The largest absolute Gasteiger partial charge is 0.497 e. The van der Waals surface area contributed by atoms with Gasteiger partial charge >= 0.3 is 6.03 Å².